The fraction of sp³-hybridized carbons (Fsp3) is 0.333. The predicted molar refractivity (Wildman–Crippen MR) is 112 cm³/mol. The van der Waals surface area contributed by atoms with E-state index in [0.717, 1.165) is 22.7 Å². The van der Waals surface area contributed by atoms with E-state index in [9.17, 15) is 9.59 Å². The Morgan fingerprint density at radius 1 is 1.17 bits per heavy atom. The minimum Gasteiger partial charge on any atom is -0.497 e. The van der Waals surface area contributed by atoms with Crippen molar-refractivity contribution >= 4 is 17.4 Å². The molecule has 3 atom stereocenters. The molecule has 0 bridgehead atoms. The predicted octanol–water partition coefficient (Wildman–Crippen LogP) is 4.71. The third-order valence-electron chi connectivity index (χ3n) is 5.84. The highest BCUT2D eigenvalue weighted by Gasteiger charge is 2.46. The molecule has 30 heavy (non-hydrogen) atoms. The summed E-state index contributed by atoms with van der Waals surface area (Å²) in [4.78, 5) is 27.6. The van der Waals surface area contributed by atoms with Gasteiger partial charge in [0.15, 0.2) is 5.78 Å². The number of rotatable bonds is 3. The molecule has 1 aromatic carbocycles. The highest BCUT2D eigenvalue weighted by atomic mass is 16.5. The van der Waals surface area contributed by atoms with Crippen molar-refractivity contribution in [3.05, 3.63) is 71.3 Å². The average molecular weight is 407 g/mol. The molecule has 1 amide bonds. The van der Waals surface area contributed by atoms with Crippen molar-refractivity contribution in [1.82, 2.24) is 4.90 Å². The van der Waals surface area contributed by atoms with Crippen LogP contribution in [0.3, 0.4) is 0 Å². The SMILES string of the molecule is COC(=O)N1C2=CC(c3cccc(OC)c3)=CC(=O)C2C(c2ccc(C)o2)CC1C. The second-order valence-electron chi connectivity index (χ2n) is 7.76. The molecule has 6 heteroatoms. The molecule has 1 aromatic heterocycles. The van der Waals surface area contributed by atoms with Gasteiger partial charge in [0.05, 0.1) is 20.1 Å². The van der Waals surface area contributed by atoms with Gasteiger partial charge in [-0.05, 0) is 67.8 Å². The lowest BCUT2D eigenvalue weighted by Crippen LogP contribution is -2.49. The number of hydrogen-bond donors (Lipinski definition) is 0. The van der Waals surface area contributed by atoms with Gasteiger partial charge in [-0.15, -0.1) is 0 Å². The van der Waals surface area contributed by atoms with E-state index in [1.165, 1.54) is 7.11 Å². The number of piperidine rings is 1. The first kappa shape index (κ1) is 20.0. The van der Waals surface area contributed by atoms with Crippen LogP contribution in [0.25, 0.3) is 5.57 Å². The standard InChI is InChI=1S/C24H25NO5/c1-14-10-19(22-9-8-15(2)30-22)23-20(25(14)24(27)29-4)12-17(13-21(23)26)16-6-5-7-18(11-16)28-3/h5-9,11-14,19,23H,10H2,1-4H3. The summed E-state index contributed by atoms with van der Waals surface area (Å²) < 4.78 is 16.2. The van der Waals surface area contributed by atoms with Crippen molar-refractivity contribution in [3.63, 3.8) is 0 Å². The number of hydrogen-bond acceptors (Lipinski definition) is 5. The molecule has 1 aliphatic carbocycles. The van der Waals surface area contributed by atoms with Crippen LogP contribution in [0.5, 0.6) is 5.75 Å². The fourth-order valence-corrected chi connectivity index (χ4v) is 4.45. The Hall–Kier alpha value is -3.28. The zero-order valence-corrected chi connectivity index (χ0v) is 17.5. The lowest BCUT2D eigenvalue weighted by Gasteiger charge is -2.43. The van der Waals surface area contributed by atoms with Gasteiger partial charge in [-0.3, -0.25) is 9.69 Å². The molecule has 1 saturated heterocycles. The molecule has 4 rings (SSSR count). The fourth-order valence-electron chi connectivity index (χ4n) is 4.45. The van der Waals surface area contributed by atoms with Gasteiger partial charge in [0, 0.05) is 17.7 Å². The van der Waals surface area contributed by atoms with Crippen molar-refractivity contribution in [2.24, 2.45) is 5.92 Å². The van der Waals surface area contributed by atoms with Crippen LogP contribution in [0.2, 0.25) is 0 Å². The summed E-state index contributed by atoms with van der Waals surface area (Å²) in [5.74, 6) is 1.58. The number of benzene rings is 1. The second-order valence-corrected chi connectivity index (χ2v) is 7.76. The molecule has 6 nitrogen and oxygen atoms in total. The van der Waals surface area contributed by atoms with Crippen LogP contribution >= 0.6 is 0 Å². The lowest BCUT2D eigenvalue weighted by atomic mass is 9.73. The molecule has 0 N–H and O–H groups in total. The van der Waals surface area contributed by atoms with Gasteiger partial charge in [0.25, 0.3) is 0 Å². The first-order valence-corrected chi connectivity index (χ1v) is 9.98. The number of methoxy groups -OCH3 is 2. The Labute approximate surface area is 175 Å². The Morgan fingerprint density at radius 3 is 2.63 bits per heavy atom. The van der Waals surface area contributed by atoms with Crippen LogP contribution in [0.1, 0.15) is 36.3 Å². The third-order valence-corrected chi connectivity index (χ3v) is 5.84. The number of fused-ring (bicyclic) bond motifs is 1. The molecular formula is C24H25NO5. The zero-order chi connectivity index (χ0) is 21.4. The maximum Gasteiger partial charge on any atom is 0.414 e. The van der Waals surface area contributed by atoms with Crippen molar-refractivity contribution < 1.29 is 23.5 Å². The van der Waals surface area contributed by atoms with Crippen molar-refractivity contribution in [2.45, 2.75) is 32.2 Å². The van der Waals surface area contributed by atoms with E-state index in [0.29, 0.717) is 17.9 Å². The summed E-state index contributed by atoms with van der Waals surface area (Å²) in [6.07, 6.45) is 3.71. The summed E-state index contributed by atoms with van der Waals surface area (Å²) in [5.41, 5.74) is 2.23. The van der Waals surface area contributed by atoms with E-state index in [2.05, 4.69) is 0 Å². The molecule has 0 saturated carbocycles. The number of carbonyl (C=O) groups is 2. The van der Waals surface area contributed by atoms with Crippen LogP contribution in [0, 0.1) is 12.8 Å². The van der Waals surface area contributed by atoms with E-state index < -0.39 is 12.0 Å². The number of ketones is 1. The number of furan rings is 1. The smallest absolute Gasteiger partial charge is 0.414 e. The van der Waals surface area contributed by atoms with Gasteiger partial charge in [0.1, 0.15) is 17.3 Å². The van der Waals surface area contributed by atoms with Gasteiger partial charge < -0.3 is 13.9 Å². The molecule has 156 valence electrons. The molecule has 2 heterocycles. The molecule has 0 radical (unpaired) electrons. The van der Waals surface area contributed by atoms with Gasteiger partial charge in [-0.2, -0.15) is 0 Å². The van der Waals surface area contributed by atoms with Crippen molar-refractivity contribution in [1.29, 1.82) is 0 Å². The number of aryl methyl sites for hydroxylation is 1. The first-order valence-electron chi connectivity index (χ1n) is 9.98. The van der Waals surface area contributed by atoms with E-state index in [1.54, 1.807) is 18.1 Å². The van der Waals surface area contributed by atoms with E-state index in [-0.39, 0.29) is 17.7 Å². The maximum atomic E-state index is 13.4. The minimum atomic E-state index is -0.500. The Bertz CT molecular complexity index is 1050. The summed E-state index contributed by atoms with van der Waals surface area (Å²) >= 11 is 0. The summed E-state index contributed by atoms with van der Waals surface area (Å²) in [6.45, 7) is 3.85. The number of ether oxygens (including phenoxy) is 2. The Balaban J connectivity index is 1.81. The normalized spacial score (nSPS) is 23.4. The van der Waals surface area contributed by atoms with E-state index in [4.69, 9.17) is 13.9 Å². The monoisotopic (exact) mass is 407 g/mol. The van der Waals surface area contributed by atoms with Crippen LogP contribution in [0.15, 0.2) is 58.7 Å². The second kappa shape index (κ2) is 7.86. The van der Waals surface area contributed by atoms with E-state index >= 15 is 0 Å². The Kier molecular flexibility index (Phi) is 5.24. The molecule has 3 unspecified atom stereocenters. The summed E-state index contributed by atoms with van der Waals surface area (Å²) in [5, 5.41) is 0. The molecule has 0 spiro atoms. The quantitative estimate of drug-likeness (QED) is 0.737. The third kappa shape index (κ3) is 3.43. The zero-order valence-electron chi connectivity index (χ0n) is 17.5. The van der Waals surface area contributed by atoms with Gasteiger partial charge in [0.2, 0.25) is 0 Å². The molecule has 1 aliphatic heterocycles. The van der Waals surface area contributed by atoms with Gasteiger partial charge >= 0.3 is 6.09 Å². The van der Waals surface area contributed by atoms with Crippen molar-refractivity contribution in [3.8, 4) is 5.75 Å². The van der Waals surface area contributed by atoms with Crippen molar-refractivity contribution in [2.75, 3.05) is 14.2 Å². The summed E-state index contributed by atoms with van der Waals surface area (Å²) in [7, 11) is 2.96. The highest BCUT2D eigenvalue weighted by molar-refractivity contribution is 6.05. The average Bonchev–Trinajstić information content (AvgIpc) is 3.18. The number of allylic oxidation sites excluding steroid dienone is 4. The number of carbonyl (C=O) groups excluding carboxylic acids is 2. The van der Waals surface area contributed by atoms with E-state index in [1.807, 2.05) is 56.3 Å². The van der Waals surface area contributed by atoms with Crippen LogP contribution in [0.4, 0.5) is 4.79 Å². The van der Waals surface area contributed by atoms with Crippen LogP contribution < -0.4 is 4.74 Å². The number of amides is 1. The van der Waals surface area contributed by atoms with Gasteiger partial charge in [-0.1, -0.05) is 12.1 Å². The Morgan fingerprint density at radius 2 is 1.97 bits per heavy atom. The highest BCUT2D eigenvalue weighted by Crippen LogP contribution is 2.46. The van der Waals surface area contributed by atoms with Gasteiger partial charge in [-0.25, -0.2) is 4.79 Å². The molecule has 2 aromatic rings. The number of likely N-dealkylation sites (tertiary alicyclic amines) is 1. The molecule has 2 aliphatic rings. The van der Waals surface area contributed by atoms with Crippen LogP contribution in [-0.4, -0.2) is 37.0 Å². The lowest BCUT2D eigenvalue weighted by molar-refractivity contribution is -0.119. The summed E-state index contributed by atoms with van der Waals surface area (Å²) in [6, 6.07) is 11.2. The largest absolute Gasteiger partial charge is 0.497 e. The number of nitrogens with zero attached hydrogens (tertiary/aromatic N) is 1. The van der Waals surface area contributed by atoms with Crippen LogP contribution in [-0.2, 0) is 9.53 Å². The minimum absolute atomic E-state index is 0.0508. The first-order chi connectivity index (χ1) is 14.4. The maximum absolute atomic E-state index is 13.4. The topological polar surface area (TPSA) is 69.0 Å². The molecule has 1 fully saturated rings. The molecular weight excluding hydrogens is 382 g/mol.